The molecule has 1 amide bonds. The summed E-state index contributed by atoms with van der Waals surface area (Å²) >= 11 is 0. The summed E-state index contributed by atoms with van der Waals surface area (Å²) in [6.45, 7) is 7.10. The summed E-state index contributed by atoms with van der Waals surface area (Å²) in [7, 11) is 0. The van der Waals surface area contributed by atoms with Crippen molar-refractivity contribution < 1.29 is 4.79 Å². The highest BCUT2D eigenvalue weighted by atomic mass is 16.1. The van der Waals surface area contributed by atoms with Crippen molar-refractivity contribution in [2.45, 2.75) is 39.3 Å². The molecule has 0 spiro atoms. The van der Waals surface area contributed by atoms with Crippen molar-refractivity contribution in [1.29, 1.82) is 0 Å². The van der Waals surface area contributed by atoms with Crippen molar-refractivity contribution in [3.05, 3.63) is 60.4 Å². The molecule has 0 aliphatic carbocycles. The van der Waals surface area contributed by atoms with Gasteiger partial charge in [0, 0.05) is 17.6 Å². The van der Waals surface area contributed by atoms with Gasteiger partial charge in [0.15, 0.2) is 0 Å². The molecule has 0 atom stereocenters. The Morgan fingerprint density at radius 3 is 2.46 bits per heavy atom. The van der Waals surface area contributed by atoms with Gasteiger partial charge in [-0.15, -0.1) is 0 Å². The van der Waals surface area contributed by atoms with E-state index in [1.54, 1.807) is 0 Å². The second-order valence-electron chi connectivity index (χ2n) is 7.89. The molecule has 28 heavy (non-hydrogen) atoms. The Morgan fingerprint density at radius 2 is 1.75 bits per heavy atom. The topological polar surface area (TPSA) is 50.2 Å². The van der Waals surface area contributed by atoms with Gasteiger partial charge in [0.25, 0.3) is 0 Å². The maximum atomic E-state index is 12.5. The Hall–Kier alpha value is -2.66. The molecule has 0 bridgehead atoms. The Kier molecular flexibility index (Phi) is 5.44. The molecule has 1 saturated heterocycles. The first-order valence-corrected chi connectivity index (χ1v) is 10.2. The standard InChI is InChI=1S/C23H28N4O/c1-17(2)27-21-11-7-6-10-20(21)25-22(27)16-26-14-12-18(13-15-26)23(28)24-19-8-4-3-5-9-19/h3-11,17-18H,12-16H2,1-2H3,(H,24,28). The van der Waals surface area contributed by atoms with Gasteiger partial charge in [0.1, 0.15) is 5.82 Å². The first-order chi connectivity index (χ1) is 13.6. The monoisotopic (exact) mass is 376 g/mol. The number of hydrogen-bond acceptors (Lipinski definition) is 3. The smallest absolute Gasteiger partial charge is 0.227 e. The van der Waals surface area contributed by atoms with Crippen LogP contribution in [0.4, 0.5) is 5.69 Å². The van der Waals surface area contributed by atoms with Crippen LogP contribution in [0.15, 0.2) is 54.6 Å². The number of nitrogens with one attached hydrogen (secondary N) is 1. The molecule has 0 radical (unpaired) electrons. The number of amides is 1. The third kappa shape index (κ3) is 3.94. The maximum Gasteiger partial charge on any atom is 0.227 e. The Balaban J connectivity index is 1.39. The lowest BCUT2D eigenvalue weighted by Crippen LogP contribution is -2.38. The van der Waals surface area contributed by atoms with E-state index >= 15 is 0 Å². The fraction of sp³-hybridized carbons (Fsp3) is 0.391. The largest absolute Gasteiger partial charge is 0.326 e. The number of carbonyl (C=O) groups excluding carboxylic acids is 1. The van der Waals surface area contributed by atoms with Crippen molar-refractivity contribution in [3.8, 4) is 0 Å². The minimum absolute atomic E-state index is 0.0837. The van der Waals surface area contributed by atoms with E-state index in [0.29, 0.717) is 6.04 Å². The number of anilines is 1. The van der Waals surface area contributed by atoms with Crippen LogP contribution >= 0.6 is 0 Å². The molecule has 1 aromatic heterocycles. The zero-order valence-corrected chi connectivity index (χ0v) is 16.6. The Morgan fingerprint density at radius 1 is 1.07 bits per heavy atom. The fourth-order valence-electron chi connectivity index (χ4n) is 4.10. The van der Waals surface area contributed by atoms with Crippen LogP contribution in [0.1, 0.15) is 38.6 Å². The predicted octanol–water partition coefficient (Wildman–Crippen LogP) is 4.47. The summed E-state index contributed by atoms with van der Waals surface area (Å²) in [6.07, 6.45) is 1.78. The number of piperidine rings is 1. The van der Waals surface area contributed by atoms with Crippen LogP contribution in [-0.4, -0.2) is 33.4 Å². The second-order valence-corrected chi connectivity index (χ2v) is 7.89. The van der Waals surface area contributed by atoms with Crippen molar-refractivity contribution >= 4 is 22.6 Å². The van der Waals surface area contributed by atoms with Crippen molar-refractivity contribution in [2.24, 2.45) is 5.92 Å². The number of carbonyl (C=O) groups is 1. The molecule has 4 rings (SSSR count). The highest BCUT2D eigenvalue weighted by molar-refractivity contribution is 5.92. The van der Waals surface area contributed by atoms with E-state index in [-0.39, 0.29) is 11.8 Å². The normalized spacial score (nSPS) is 16.0. The molecule has 3 aromatic rings. The molecule has 5 heteroatoms. The number of hydrogen-bond donors (Lipinski definition) is 1. The number of para-hydroxylation sites is 3. The minimum Gasteiger partial charge on any atom is -0.326 e. The molecule has 146 valence electrons. The van der Waals surface area contributed by atoms with E-state index in [9.17, 15) is 4.79 Å². The third-order valence-corrected chi connectivity index (χ3v) is 5.55. The van der Waals surface area contributed by atoms with E-state index in [1.807, 2.05) is 36.4 Å². The summed E-state index contributed by atoms with van der Waals surface area (Å²) in [5, 5.41) is 3.04. The molecule has 0 saturated carbocycles. The highest BCUT2D eigenvalue weighted by Gasteiger charge is 2.26. The van der Waals surface area contributed by atoms with E-state index in [0.717, 1.165) is 49.5 Å². The number of nitrogens with zero attached hydrogens (tertiary/aromatic N) is 3. The SMILES string of the molecule is CC(C)n1c(CN2CCC(C(=O)Nc3ccccc3)CC2)nc2ccccc21. The number of rotatable bonds is 5. The second kappa shape index (κ2) is 8.15. The third-order valence-electron chi connectivity index (χ3n) is 5.55. The maximum absolute atomic E-state index is 12.5. The first kappa shape index (κ1) is 18.7. The van der Waals surface area contributed by atoms with Crippen LogP contribution in [0.2, 0.25) is 0 Å². The van der Waals surface area contributed by atoms with E-state index in [4.69, 9.17) is 4.98 Å². The fourth-order valence-corrected chi connectivity index (χ4v) is 4.10. The molecule has 5 nitrogen and oxygen atoms in total. The van der Waals surface area contributed by atoms with E-state index < -0.39 is 0 Å². The van der Waals surface area contributed by atoms with Crippen LogP contribution < -0.4 is 5.32 Å². The molecule has 1 fully saturated rings. The van der Waals surface area contributed by atoms with Crippen molar-refractivity contribution in [3.63, 3.8) is 0 Å². The molecule has 2 heterocycles. The van der Waals surface area contributed by atoms with Crippen LogP contribution in [0.5, 0.6) is 0 Å². The number of aromatic nitrogens is 2. The average molecular weight is 377 g/mol. The number of benzene rings is 2. The lowest BCUT2D eigenvalue weighted by atomic mass is 9.96. The molecule has 1 N–H and O–H groups in total. The summed E-state index contributed by atoms with van der Waals surface area (Å²) in [6, 6.07) is 18.4. The minimum atomic E-state index is 0.0837. The number of likely N-dealkylation sites (tertiary alicyclic amines) is 1. The van der Waals surface area contributed by atoms with Gasteiger partial charge < -0.3 is 9.88 Å². The van der Waals surface area contributed by atoms with Crippen molar-refractivity contribution in [1.82, 2.24) is 14.5 Å². The molecule has 0 unspecified atom stereocenters. The molecular weight excluding hydrogens is 348 g/mol. The average Bonchev–Trinajstić information content (AvgIpc) is 3.07. The molecule has 2 aromatic carbocycles. The first-order valence-electron chi connectivity index (χ1n) is 10.2. The predicted molar refractivity (Wildman–Crippen MR) is 113 cm³/mol. The van der Waals surface area contributed by atoms with Gasteiger partial charge >= 0.3 is 0 Å². The van der Waals surface area contributed by atoms with Gasteiger partial charge in [0.05, 0.1) is 17.6 Å². The lowest BCUT2D eigenvalue weighted by molar-refractivity contribution is -0.121. The summed E-state index contributed by atoms with van der Waals surface area (Å²) < 4.78 is 2.34. The lowest BCUT2D eigenvalue weighted by Gasteiger charge is -2.31. The van der Waals surface area contributed by atoms with Gasteiger partial charge in [-0.2, -0.15) is 0 Å². The van der Waals surface area contributed by atoms with Gasteiger partial charge in [-0.25, -0.2) is 4.98 Å². The Bertz CT molecular complexity index is 940. The highest BCUT2D eigenvalue weighted by Crippen LogP contribution is 2.25. The van der Waals surface area contributed by atoms with E-state index in [2.05, 4.69) is 46.8 Å². The van der Waals surface area contributed by atoms with Crippen LogP contribution in [0, 0.1) is 5.92 Å². The van der Waals surface area contributed by atoms with Gasteiger partial charge in [-0.3, -0.25) is 9.69 Å². The van der Waals surface area contributed by atoms with Gasteiger partial charge in [-0.1, -0.05) is 30.3 Å². The number of fused-ring (bicyclic) bond motifs is 1. The van der Waals surface area contributed by atoms with Crippen LogP contribution in [0.3, 0.4) is 0 Å². The molecule has 1 aliphatic rings. The zero-order valence-electron chi connectivity index (χ0n) is 16.6. The molecular formula is C23H28N4O. The van der Waals surface area contributed by atoms with Gasteiger partial charge in [-0.05, 0) is 64.0 Å². The molecule has 1 aliphatic heterocycles. The quantitative estimate of drug-likeness (QED) is 0.715. The Labute approximate surface area is 166 Å². The van der Waals surface area contributed by atoms with E-state index in [1.165, 1.54) is 5.52 Å². The van der Waals surface area contributed by atoms with Crippen LogP contribution in [-0.2, 0) is 11.3 Å². The number of imidazole rings is 1. The summed E-state index contributed by atoms with van der Waals surface area (Å²) in [5.74, 6) is 1.34. The van der Waals surface area contributed by atoms with Gasteiger partial charge in [0.2, 0.25) is 5.91 Å². The summed E-state index contributed by atoms with van der Waals surface area (Å²) in [4.78, 5) is 19.9. The van der Waals surface area contributed by atoms with Crippen molar-refractivity contribution in [2.75, 3.05) is 18.4 Å². The summed E-state index contributed by atoms with van der Waals surface area (Å²) in [5.41, 5.74) is 3.13. The van der Waals surface area contributed by atoms with Crippen LogP contribution in [0.25, 0.3) is 11.0 Å². The zero-order chi connectivity index (χ0) is 19.5.